The summed E-state index contributed by atoms with van der Waals surface area (Å²) in [5.74, 6) is 0.0372. The predicted molar refractivity (Wildman–Crippen MR) is 101 cm³/mol. The molecular weight excluding hydrogens is 334 g/mol. The SMILES string of the molecule is Cc1cccc2c1C(=O)NC1(CCN(Cc3cccc(Cl)c3)CC1)N2. The summed E-state index contributed by atoms with van der Waals surface area (Å²) in [6.45, 7) is 4.73. The van der Waals surface area contributed by atoms with Crippen LogP contribution in [0.3, 0.4) is 0 Å². The number of rotatable bonds is 2. The average molecular weight is 356 g/mol. The van der Waals surface area contributed by atoms with Crippen LogP contribution in [-0.2, 0) is 6.54 Å². The Morgan fingerprint density at radius 3 is 2.64 bits per heavy atom. The minimum Gasteiger partial charge on any atom is -0.362 e. The van der Waals surface area contributed by atoms with Crippen molar-refractivity contribution in [1.82, 2.24) is 10.2 Å². The average Bonchev–Trinajstić information content (AvgIpc) is 2.57. The van der Waals surface area contributed by atoms with Crippen LogP contribution in [0.5, 0.6) is 0 Å². The summed E-state index contributed by atoms with van der Waals surface area (Å²) < 4.78 is 0. The van der Waals surface area contributed by atoms with E-state index in [9.17, 15) is 4.79 Å². The highest BCUT2D eigenvalue weighted by atomic mass is 35.5. The molecule has 2 aliphatic heterocycles. The second-order valence-electron chi connectivity index (χ2n) is 7.06. The molecule has 2 aliphatic rings. The number of benzene rings is 2. The fraction of sp³-hybridized carbons (Fsp3) is 0.350. The standard InChI is InChI=1S/C20H22ClN3O/c1-14-4-2-7-17-18(14)19(25)23-20(22-17)8-10-24(11-9-20)13-15-5-3-6-16(21)12-15/h2-7,12,22H,8-11,13H2,1H3,(H,23,25). The van der Waals surface area contributed by atoms with E-state index in [1.807, 2.05) is 43.3 Å². The van der Waals surface area contributed by atoms with E-state index in [-0.39, 0.29) is 11.6 Å². The molecule has 130 valence electrons. The van der Waals surface area contributed by atoms with Gasteiger partial charge in [-0.1, -0.05) is 35.9 Å². The van der Waals surface area contributed by atoms with Gasteiger partial charge in [-0.3, -0.25) is 9.69 Å². The van der Waals surface area contributed by atoms with Crippen LogP contribution in [0.2, 0.25) is 5.02 Å². The Balaban J connectivity index is 1.46. The van der Waals surface area contributed by atoms with Gasteiger partial charge in [-0.05, 0) is 36.2 Å². The van der Waals surface area contributed by atoms with Crippen LogP contribution in [0.4, 0.5) is 5.69 Å². The fourth-order valence-electron chi connectivity index (χ4n) is 3.88. The molecule has 1 spiro atoms. The fourth-order valence-corrected chi connectivity index (χ4v) is 4.09. The molecule has 1 saturated heterocycles. The number of hydrogen-bond donors (Lipinski definition) is 2. The van der Waals surface area contributed by atoms with Gasteiger partial charge in [-0.15, -0.1) is 0 Å². The van der Waals surface area contributed by atoms with Gasteiger partial charge in [0.2, 0.25) is 0 Å². The van der Waals surface area contributed by atoms with Gasteiger partial charge < -0.3 is 10.6 Å². The number of hydrogen-bond acceptors (Lipinski definition) is 3. The van der Waals surface area contributed by atoms with Gasteiger partial charge >= 0.3 is 0 Å². The summed E-state index contributed by atoms with van der Waals surface area (Å²) in [5, 5.41) is 7.60. The van der Waals surface area contributed by atoms with Gasteiger partial charge in [-0.25, -0.2) is 0 Å². The molecule has 2 N–H and O–H groups in total. The first kappa shape index (κ1) is 16.4. The lowest BCUT2D eigenvalue weighted by atomic mass is 9.91. The Hall–Kier alpha value is -2.04. The number of halogens is 1. The van der Waals surface area contributed by atoms with Crippen LogP contribution >= 0.6 is 11.6 Å². The van der Waals surface area contributed by atoms with Crippen molar-refractivity contribution in [2.24, 2.45) is 0 Å². The molecule has 5 heteroatoms. The number of piperidine rings is 1. The van der Waals surface area contributed by atoms with E-state index in [2.05, 4.69) is 21.6 Å². The molecule has 2 aromatic carbocycles. The Morgan fingerprint density at radius 2 is 1.88 bits per heavy atom. The van der Waals surface area contributed by atoms with Crippen molar-refractivity contribution in [3.8, 4) is 0 Å². The highest BCUT2D eigenvalue weighted by molar-refractivity contribution is 6.30. The van der Waals surface area contributed by atoms with Crippen LogP contribution in [0.25, 0.3) is 0 Å². The van der Waals surface area contributed by atoms with E-state index in [1.165, 1.54) is 5.56 Å². The number of nitrogens with one attached hydrogen (secondary N) is 2. The van der Waals surface area contributed by atoms with E-state index in [0.29, 0.717) is 0 Å². The highest BCUT2D eigenvalue weighted by Crippen LogP contribution is 2.33. The molecular formula is C20H22ClN3O. The first-order valence-corrected chi connectivity index (χ1v) is 9.10. The van der Waals surface area contributed by atoms with Gasteiger partial charge in [0.15, 0.2) is 0 Å². The van der Waals surface area contributed by atoms with Crippen LogP contribution in [-0.4, -0.2) is 29.6 Å². The van der Waals surface area contributed by atoms with Crippen LogP contribution in [0, 0.1) is 6.92 Å². The Morgan fingerprint density at radius 1 is 1.12 bits per heavy atom. The third-order valence-corrected chi connectivity index (χ3v) is 5.47. The third-order valence-electron chi connectivity index (χ3n) is 5.23. The first-order chi connectivity index (χ1) is 12.0. The number of aryl methyl sites for hydroxylation is 1. The molecule has 0 atom stereocenters. The van der Waals surface area contributed by atoms with Gasteiger partial charge in [0.25, 0.3) is 5.91 Å². The molecule has 1 fully saturated rings. The van der Waals surface area contributed by atoms with Gasteiger partial charge in [-0.2, -0.15) is 0 Å². The maximum absolute atomic E-state index is 12.6. The zero-order valence-electron chi connectivity index (χ0n) is 14.3. The predicted octanol–water partition coefficient (Wildman–Crippen LogP) is 3.80. The molecule has 2 aromatic rings. The monoisotopic (exact) mass is 355 g/mol. The summed E-state index contributed by atoms with van der Waals surface area (Å²) in [5.41, 5.74) is 3.63. The maximum Gasteiger partial charge on any atom is 0.255 e. The van der Waals surface area contributed by atoms with Crippen molar-refractivity contribution in [2.45, 2.75) is 32.0 Å². The van der Waals surface area contributed by atoms with Crippen LogP contribution in [0.15, 0.2) is 42.5 Å². The largest absolute Gasteiger partial charge is 0.362 e. The number of nitrogens with zero attached hydrogens (tertiary/aromatic N) is 1. The van der Waals surface area contributed by atoms with Crippen molar-refractivity contribution < 1.29 is 4.79 Å². The van der Waals surface area contributed by atoms with Crippen molar-refractivity contribution in [3.63, 3.8) is 0 Å². The number of anilines is 1. The smallest absolute Gasteiger partial charge is 0.255 e. The lowest BCUT2D eigenvalue weighted by Crippen LogP contribution is -2.62. The molecule has 4 rings (SSSR count). The summed E-state index contributed by atoms with van der Waals surface area (Å²) in [4.78, 5) is 15.0. The Labute approximate surface area is 153 Å². The minimum absolute atomic E-state index is 0.0372. The molecule has 0 saturated carbocycles. The van der Waals surface area contributed by atoms with Crippen molar-refractivity contribution >= 4 is 23.2 Å². The zero-order chi connectivity index (χ0) is 17.4. The van der Waals surface area contributed by atoms with E-state index in [4.69, 9.17) is 11.6 Å². The lowest BCUT2D eigenvalue weighted by molar-refractivity contribution is 0.0821. The maximum atomic E-state index is 12.6. The van der Waals surface area contributed by atoms with Crippen molar-refractivity contribution in [3.05, 3.63) is 64.2 Å². The molecule has 0 bridgehead atoms. The van der Waals surface area contributed by atoms with Gasteiger partial charge in [0.1, 0.15) is 5.66 Å². The van der Waals surface area contributed by atoms with E-state index >= 15 is 0 Å². The minimum atomic E-state index is -0.331. The number of carbonyl (C=O) groups excluding carboxylic acids is 1. The molecule has 0 aromatic heterocycles. The molecule has 4 nitrogen and oxygen atoms in total. The number of likely N-dealkylation sites (tertiary alicyclic amines) is 1. The summed E-state index contributed by atoms with van der Waals surface area (Å²) in [6.07, 6.45) is 1.76. The Kier molecular flexibility index (Phi) is 4.18. The quantitative estimate of drug-likeness (QED) is 0.861. The second-order valence-corrected chi connectivity index (χ2v) is 7.50. The molecule has 0 radical (unpaired) electrons. The first-order valence-electron chi connectivity index (χ1n) is 8.72. The van der Waals surface area contributed by atoms with Gasteiger partial charge in [0.05, 0.1) is 5.56 Å². The molecule has 1 amide bonds. The van der Waals surface area contributed by atoms with Crippen LogP contribution < -0.4 is 10.6 Å². The van der Waals surface area contributed by atoms with Gasteiger partial charge in [0, 0.05) is 43.2 Å². The second kappa shape index (κ2) is 6.36. The number of amides is 1. The molecule has 0 unspecified atom stereocenters. The van der Waals surface area contributed by atoms with E-state index in [1.54, 1.807) is 0 Å². The topological polar surface area (TPSA) is 44.4 Å². The van der Waals surface area contributed by atoms with Crippen molar-refractivity contribution in [1.29, 1.82) is 0 Å². The summed E-state index contributed by atoms with van der Waals surface area (Å²) in [7, 11) is 0. The summed E-state index contributed by atoms with van der Waals surface area (Å²) >= 11 is 6.08. The summed E-state index contributed by atoms with van der Waals surface area (Å²) in [6, 6.07) is 14.0. The van der Waals surface area contributed by atoms with E-state index in [0.717, 1.165) is 54.3 Å². The molecule has 25 heavy (non-hydrogen) atoms. The molecule has 2 heterocycles. The number of carbonyl (C=O) groups is 1. The normalized spacial score (nSPS) is 19.2. The Bertz CT molecular complexity index is 812. The van der Waals surface area contributed by atoms with Crippen LogP contribution in [0.1, 0.15) is 34.3 Å². The lowest BCUT2D eigenvalue weighted by Gasteiger charge is -2.46. The third kappa shape index (κ3) is 3.24. The van der Waals surface area contributed by atoms with E-state index < -0.39 is 0 Å². The zero-order valence-corrected chi connectivity index (χ0v) is 15.1. The van der Waals surface area contributed by atoms with Crippen molar-refractivity contribution in [2.75, 3.05) is 18.4 Å². The highest BCUT2D eigenvalue weighted by Gasteiger charge is 2.40. The molecule has 0 aliphatic carbocycles. The number of fused-ring (bicyclic) bond motifs is 1.